The molecule has 0 bridgehead atoms. The molecule has 2 aromatic rings. The van der Waals surface area contributed by atoms with Crippen molar-refractivity contribution in [3.63, 3.8) is 0 Å². The lowest BCUT2D eigenvalue weighted by molar-refractivity contribution is -0.113. The number of nitrogens with zero attached hydrogens (tertiary/aromatic N) is 3. The van der Waals surface area contributed by atoms with Crippen molar-refractivity contribution in [1.82, 2.24) is 9.97 Å². The normalized spacial score (nSPS) is 14.4. The van der Waals surface area contributed by atoms with Gasteiger partial charge in [-0.15, -0.1) is 22.9 Å². The molecule has 8 nitrogen and oxygen atoms in total. The summed E-state index contributed by atoms with van der Waals surface area (Å²) in [6, 6.07) is 0. The smallest absolute Gasteiger partial charge is 0.350 e. The summed E-state index contributed by atoms with van der Waals surface area (Å²) in [6.45, 7) is 4.44. The van der Waals surface area contributed by atoms with Crippen molar-refractivity contribution in [3.8, 4) is 0 Å². The molecule has 3 heterocycles. The van der Waals surface area contributed by atoms with Gasteiger partial charge in [-0.2, -0.15) is 0 Å². The zero-order valence-electron chi connectivity index (χ0n) is 14.9. The second-order valence-electron chi connectivity index (χ2n) is 5.52. The highest BCUT2D eigenvalue weighted by molar-refractivity contribution is 7.98. The molecule has 1 fully saturated rings. The predicted molar refractivity (Wildman–Crippen MR) is 108 cm³/mol. The Labute approximate surface area is 169 Å². The zero-order chi connectivity index (χ0) is 19.4. The van der Waals surface area contributed by atoms with E-state index in [-0.39, 0.29) is 17.4 Å². The molecule has 0 saturated carbocycles. The van der Waals surface area contributed by atoms with Crippen LogP contribution in [-0.2, 0) is 14.3 Å². The average molecular weight is 431 g/mol. The highest BCUT2D eigenvalue weighted by atomic mass is 35.5. The summed E-state index contributed by atoms with van der Waals surface area (Å²) < 4.78 is 10.6. The van der Waals surface area contributed by atoms with Crippen LogP contribution in [0.1, 0.15) is 16.6 Å². The first-order valence-electron chi connectivity index (χ1n) is 8.33. The number of nitrogens with one attached hydrogen (secondary N) is 1. The van der Waals surface area contributed by atoms with Crippen molar-refractivity contribution < 1.29 is 19.1 Å². The van der Waals surface area contributed by atoms with Gasteiger partial charge in [0.15, 0.2) is 5.16 Å². The third kappa shape index (κ3) is 4.29. The first-order valence-corrected chi connectivity index (χ1v) is 10.9. The lowest BCUT2D eigenvalue weighted by Gasteiger charge is -2.28. The number of alkyl halides is 1. The lowest BCUT2D eigenvalue weighted by Crippen LogP contribution is -2.37. The van der Waals surface area contributed by atoms with Gasteiger partial charge in [0.25, 0.3) is 0 Å². The van der Waals surface area contributed by atoms with Crippen LogP contribution in [0, 0.1) is 0 Å². The number of thioether (sulfide) groups is 1. The maximum atomic E-state index is 12.5. The van der Waals surface area contributed by atoms with E-state index in [1.165, 1.54) is 23.1 Å². The van der Waals surface area contributed by atoms with E-state index in [1.54, 1.807) is 6.92 Å². The van der Waals surface area contributed by atoms with E-state index in [9.17, 15) is 9.59 Å². The van der Waals surface area contributed by atoms with E-state index in [0.717, 1.165) is 0 Å². The minimum absolute atomic E-state index is 0.226. The quantitative estimate of drug-likeness (QED) is 0.323. The SMILES string of the molecule is CCOC(=O)c1sc2nc(SC)nc(N3CCOCC3)c2c1NC(=O)CCl. The molecule has 1 aliphatic heterocycles. The number of hydrogen-bond acceptors (Lipinski definition) is 9. The van der Waals surface area contributed by atoms with Gasteiger partial charge in [0.1, 0.15) is 21.4 Å². The predicted octanol–water partition coefficient (Wildman–Crippen LogP) is 2.60. The number of rotatable bonds is 6. The van der Waals surface area contributed by atoms with Crippen LogP contribution in [0.25, 0.3) is 10.2 Å². The summed E-state index contributed by atoms with van der Waals surface area (Å²) in [7, 11) is 0. The fraction of sp³-hybridized carbons (Fsp3) is 0.500. The van der Waals surface area contributed by atoms with Crippen LogP contribution >= 0.6 is 34.7 Å². The first kappa shape index (κ1) is 20.1. The topological polar surface area (TPSA) is 93.7 Å². The first-order chi connectivity index (χ1) is 13.1. The van der Waals surface area contributed by atoms with E-state index in [1.807, 2.05) is 6.26 Å². The van der Waals surface area contributed by atoms with Crippen LogP contribution in [-0.4, -0.2) is 66.9 Å². The maximum Gasteiger partial charge on any atom is 0.350 e. The number of esters is 1. The Morgan fingerprint density at radius 1 is 1.37 bits per heavy atom. The molecule has 2 aromatic heterocycles. The maximum absolute atomic E-state index is 12.5. The van der Waals surface area contributed by atoms with Crippen molar-refractivity contribution in [3.05, 3.63) is 4.88 Å². The van der Waals surface area contributed by atoms with Crippen molar-refractivity contribution in [2.45, 2.75) is 12.1 Å². The number of amides is 1. The van der Waals surface area contributed by atoms with Gasteiger partial charge in [0, 0.05) is 13.1 Å². The minimum Gasteiger partial charge on any atom is -0.462 e. The lowest BCUT2D eigenvalue weighted by atomic mass is 10.2. The van der Waals surface area contributed by atoms with Gasteiger partial charge in [0.05, 0.1) is 30.9 Å². The van der Waals surface area contributed by atoms with Crippen molar-refractivity contribution in [1.29, 1.82) is 0 Å². The summed E-state index contributed by atoms with van der Waals surface area (Å²) in [6.07, 6.45) is 1.89. The van der Waals surface area contributed by atoms with Gasteiger partial charge in [-0.25, -0.2) is 14.8 Å². The molecule has 146 valence electrons. The van der Waals surface area contributed by atoms with Crippen LogP contribution in [0.2, 0.25) is 0 Å². The monoisotopic (exact) mass is 430 g/mol. The van der Waals surface area contributed by atoms with Gasteiger partial charge in [0.2, 0.25) is 5.91 Å². The van der Waals surface area contributed by atoms with E-state index in [4.69, 9.17) is 21.1 Å². The van der Waals surface area contributed by atoms with Gasteiger partial charge >= 0.3 is 5.97 Å². The molecule has 11 heteroatoms. The third-order valence-electron chi connectivity index (χ3n) is 3.85. The molecular formula is C16H19ClN4O4S2. The highest BCUT2D eigenvalue weighted by Crippen LogP contribution is 2.41. The van der Waals surface area contributed by atoms with Gasteiger partial charge < -0.3 is 19.7 Å². The van der Waals surface area contributed by atoms with Crippen LogP contribution in [0.5, 0.6) is 0 Å². The molecular weight excluding hydrogens is 412 g/mol. The Kier molecular flexibility index (Phi) is 6.74. The van der Waals surface area contributed by atoms with Crippen LogP contribution in [0.4, 0.5) is 11.5 Å². The van der Waals surface area contributed by atoms with E-state index in [0.29, 0.717) is 53.2 Å². The molecule has 1 saturated heterocycles. The number of anilines is 2. The second-order valence-corrected chi connectivity index (χ2v) is 7.56. The summed E-state index contributed by atoms with van der Waals surface area (Å²) in [5, 5.41) is 3.95. The molecule has 1 N–H and O–H groups in total. The number of ether oxygens (including phenoxy) is 2. The van der Waals surface area contributed by atoms with Gasteiger partial charge in [-0.05, 0) is 13.2 Å². The number of hydrogen-bond donors (Lipinski definition) is 1. The largest absolute Gasteiger partial charge is 0.462 e. The number of carbonyl (C=O) groups excluding carboxylic acids is 2. The average Bonchev–Trinajstić information content (AvgIpc) is 3.06. The second kappa shape index (κ2) is 9.05. The molecule has 27 heavy (non-hydrogen) atoms. The number of carbonyl (C=O) groups is 2. The summed E-state index contributed by atoms with van der Waals surface area (Å²) >= 11 is 8.26. The molecule has 0 atom stereocenters. The van der Waals surface area contributed by atoms with Crippen molar-refractivity contribution in [2.24, 2.45) is 0 Å². The molecule has 1 amide bonds. The van der Waals surface area contributed by atoms with E-state index in [2.05, 4.69) is 20.2 Å². The summed E-state index contributed by atoms with van der Waals surface area (Å²) in [5.41, 5.74) is 0.355. The Morgan fingerprint density at radius 2 is 2.11 bits per heavy atom. The number of aromatic nitrogens is 2. The van der Waals surface area contributed by atoms with Crippen LogP contribution < -0.4 is 10.2 Å². The fourth-order valence-corrected chi connectivity index (χ4v) is 4.19. The van der Waals surface area contributed by atoms with E-state index >= 15 is 0 Å². The van der Waals surface area contributed by atoms with Crippen LogP contribution in [0.3, 0.4) is 0 Å². The standard InChI is InChI=1S/C16H19ClN4O4S2/c1-3-25-15(23)12-11(18-9(22)8-17)10-13(21-4-6-24-7-5-21)19-16(26-2)20-14(10)27-12/h3-8H2,1-2H3,(H,18,22). The number of thiophene rings is 1. The Bertz CT molecular complexity index is 855. The number of fused-ring (bicyclic) bond motifs is 1. The van der Waals surface area contributed by atoms with E-state index < -0.39 is 11.9 Å². The molecule has 0 unspecified atom stereocenters. The van der Waals surface area contributed by atoms with Crippen LogP contribution in [0.15, 0.2) is 5.16 Å². The third-order valence-corrected chi connectivity index (χ3v) is 5.71. The summed E-state index contributed by atoms with van der Waals surface area (Å²) in [4.78, 5) is 36.6. The molecule has 0 aliphatic carbocycles. The molecule has 3 rings (SSSR count). The number of halogens is 1. The molecule has 0 aromatic carbocycles. The molecule has 0 radical (unpaired) electrons. The molecule has 1 aliphatic rings. The Morgan fingerprint density at radius 3 is 2.74 bits per heavy atom. The molecule has 0 spiro atoms. The Hall–Kier alpha value is -1.62. The highest BCUT2D eigenvalue weighted by Gasteiger charge is 2.28. The zero-order valence-corrected chi connectivity index (χ0v) is 17.3. The van der Waals surface area contributed by atoms with Crippen molar-refractivity contribution in [2.75, 3.05) is 55.3 Å². The minimum atomic E-state index is -0.510. The summed E-state index contributed by atoms with van der Waals surface area (Å²) in [5.74, 6) is -0.479. The van der Waals surface area contributed by atoms with Gasteiger partial charge in [-0.3, -0.25) is 4.79 Å². The Balaban J connectivity index is 2.22. The number of morpholine rings is 1. The van der Waals surface area contributed by atoms with Gasteiger partial charge in [-0.1, -0.05) is 11.8 Å². The fourth-order valence-electron chi connectivity index (χ4n) is 2.69. The van der Waals surface area contributed by atoms with Crippen molar-refractivity contribution >= 4 is 68.3 Å².